The van der Waals surface area contributed by atoms with Crippen molar-refractivity contribution in [3.05, 3.63) is 47.5 Å². The van der Waals surface area contributed by atoms with Crippen molar-refractivity contribution in [3.63, 3.8) is 0 Å². The molecule has 0 fully saturated rings. The molecule has 3 aromatic rings. The van der Waals surface area contributed by atoms with Gasteiger partial charge in [-0.1, -0.05) is 39.0 Å². The number of aliphatic hydroxyl groups is 3. The van der Waals surface area contributed by atoms with Crippen LogP contribution in [-0.2, 0) is 26.1 Å². The van der Waals surface area contributed by atoms with Gasteiger partial charge in [0.25, 0.3) is 0 Å². The Morgan fingerprint density at radius 3 is 2.16 bits per heavy atom. The van der Waals surface area contributed by atoms with Crippen LogP contribution < -0.4 is 0 Å². The van der Waals surface area contributed by atoms with Gasteiger partial charge in [0.2, 0.25) is 0 Å². The molecule has 0 aliphatic heterocycles. The van der Waals surface area contributed by atoms with Crippen molar-refractivity contribution in [2.45, 2.75) is 77.1 Å². The van der Waals surface area contributed by atoms with Crippen LogP contribution in [0.1, 0.15) is 59.1 Å². The molecule has 10 heteroatoms. The van der Waals surface area contributed by atoms with Gasteiger partial charge in [-0.25, -0.2) is 0 Å². The van der Waals surface area contributed by atoms with E-state index in [0.717, 1.165) is 5.56 Å². The summed E-state index contributed by atoms with van der Waals surface area (Å²) in [7, 11) is 0. The van der Waals surface area contributed by atoms with Gasteiger partial charge in [0.05, 0.1) is 19.8 Å². The maximum atomic E-state index is 12.8. The van der Waals surface area contributed by atoms with E-state index in [4.69, 9.17) is 9.47 Å². The molecule has 0 saturated heterocycles. The summed E-state index contributed by atoms with van der Waals surface area (Å²) in [6.07, 6.45) is -0.650. The number of rotatable bonds is 11. The fourth-order valence-electron chi connectivity index (χ4n) is 3.86. The Kier molecular flexibility index (Phi) is 8.82. The molecule has 0 bridgehead atoms. The quantitative estimate of drug-likeness (QED) is 0.275. The second kappa shape index (κ2) is 11.4. The largest absolute Gasteiger partial charge is 0.505 e. The van der Waals surface area contributed by atoms with Crippen LogP contribution in [0.4, 0.5) is 0 Å². The summed E-state index contributed by atoms with van der Waals surface area (Å²) in [5.74, 6) is -0.466. The molecule has 2 atom stereocenters. The number of phenols is 1. The third-order valence-corrected chi connectivity index (χ3v) is 6.39. The zero-order chi connectivity index (χ0) is 28.3. The van der Waals surface area contributed by atoms with Crippen LogP contribution in [0.25, 0.3) is 16.7 Å². The van der Waals surface area contributed by atoms with Crippen molar-refractivity contribution in [2.75, 3.05) is 19.8 Å². The average molecular weight is 530 g/mol. The molecule has 0 saturated carbocycles. The minimum atomic E-state index is -1.46. The van der Waals surface area contributed by atoms with E-state index in [1.165, 1.54) is 11.7 Å². The molecule has 3 rings (SSSR count). The van der Waals surface area contributed by atoms with Crippen molar-refractivity contribution < 1.29 is 34.7 Å². The number of aromatic hydroxyl groups is 1. The zero-order valence-electron chi connectivity index (χ0n) is 22.9. The van der Waals surface area contributed by atoms with Gasteiger partial charge in [0.15, 0.2) is 6.10 Å². The summed E-state index contributed by atoms with van der Waals surface area (Å²) in [5.41, 5.74) is 0.323. The van der Waals surface area contributed by atoms with Crippen LogP contribution >= 0.6 is 0 Å². The predicted molar refractivity (Wildman–Crippen MR) is 142 cm³/mol. The standard InChI is InChI=1S/C28H39N3O7/c1-26(2,3)19-13-18(14-22(25(19)35)31-29-20-9-7-8-10-21(20)30-31)11-12-24(34)38-23(15-32)27(4,5)37-17-28(6,36)16-33/h7-10,13-14,23,32-33,35-36H,11-12,15-17H2,1-6H3. The van der Waals surface area contributed by atoms with Gasteiger partial charge in [-0.05, 0) is 56.4 Å². The van der Waals surface area contributed by atoms with Crippen LogP contribution in [-0.4, -0.2) is 78.5 Å². The average Bonchev–Trinajstić information content (AvgIpc) is 3.29. The minimum absolute atomic E-state index is 0.0171. The van der Waals surface area contributed by atoms with Crippen LogP contribution in [0.15, 0.2) is 36.4 Å². The third-order valence-electron chi connectivity index (χ3n) is 6.39. The Morgan fingerprint density at radius 1 is 1.03 bits per heavy atom. The fraction of sp³-hybridized carbons (Fsp3) is 0.536. The molecule has 0 amide bonds. The monoisotopic (exact) mass is 529 g/mol. The van der Waals surface area contributed by atoms with Crippen molar-refractivity contribution in [1.29, 1.82) is 0 Å². The molecular weight excluding hydrogens is 490 g/mol. The van der Waals surface area contributed by atoms with Gasteiger partial charge in [-0.3, -0.25) is 4.79 Å². The third kappa shape index (κ3) is 7.08. The molecule has 10 nitrogen and oxygen atoms in total. The maximum Gasteiger partial charge on any atom is 0.306 e. The Bertz CT molecular complexity index is 1230. The summed E-state index contributed by atoms with van der Waals surface area (Å²) < 4.78 is 11.2. The molecule has 2 aromatic carbocycles. The van der Waals surface area contributed by atoms with E-state index < -0.39 is 36.5 Å². The Labute approximate surface area is 222 Å². The molecule has 208 valence electrons. The minimum Gasteiger partial charge on any atom is -0.505 e. The molecule has 1 aromatic heterocycles. The Balaban J connectivity index is 1.79. The van der Waals surface area contributed by atoms with Crippen molar-refractivity contribution in [1.82, 2.24) is 15.0 Å². The normalized spacial score (nSPS) is 14.9. The highest BCUT2D eigenvalue weighted by Crippen LogP contribution is 2.36. The summed E-state index contributed by atoms with van der Waals surface area (Å²) in [6, 6.07) is 11.0. The summed E-state index contributed by atoms with van der Waals surface area (Å²) in [4.78, 5) is 14.2. The number of ether oxygens (including phenoxy) is 2. The molecule has 0 aliphatic rings. The molecule has 0 spiro atoms. The number of benzene rings is 2. The first-order chi connectivity index (χ1) is 17.7. The fourth-order valence-corrected chi connectivity index (χ4v) is 3.86. The molecular formula is C28H39N3O7. The number of esters is 1. The number of carbonyl (C=O) groups excluding carboxylic acids is 1. The first kappa shape index (κ1) is 29.5. The van der Waals surface area contributed by atoms with Gasteiger partial charge < -0.3 is 29.9 Å². The van der Waals surface area contributed by atoms with Crippen molar-refractivity contribution >= 4 is 17.0 Å². The molecule has 0 aliphatic carbocycles. The number of nitrogens with zero attached hydrogens (tertiary/aromatic N) is 3. The molecule has 38 heavy (non-hydrogen) atoms. The number of aryl methyl sites for hydroxylation is 1. The van der Waals surface area contributed by atoms with E-state index >= 15 is 0 Å². The van der Waals surface area contributed by atoms with E-state index in [0.29, 0.717) is 28.7 Å². The number of aromatic nitrogens is 3. The number of carbonyl (C=O) groups is 1. The van der Waals surface area contributed by atoms with Gasteiger partial charge in [-0.15, -0.1) is 15.0 Å². The lowest BCUT2D eigenvalue weighted by Gasteiger charge is -2.35. The summed E-state index contributed by atoms with van der Waals surface area (Å²) >= 11 is 0. The maximum absolute atomic E-state index is 12.8. The number of phenolic OH excluding ortho intramolecular Hbond substituents is 1. The van der Waals surface area contributed by atoms with Crippen LogP contribution in [0.3, 0.4) is 0 Å². The first-order valence-electron chi connectivity index (χ1n) is 12.6. The highest BCUT2D eigenvalue weighted by molar-refractivity contribution is 5.74. The van der Waals surface area contributed by atoms with E-state index in [-0.39, 0.29) is 24.2 Å². The van der Waals surface area contributed by atoms with Crippen LogP contribution in [0, 0.1) is 0 Å². The second-order valence-electron chi connectivity index (χ2n) is 11.4. The first-order valence-corrected chi connectivity index (χ1v) is 12.6. The Hall–Kier alpha value is -3.05. The van der Waals surface area contributed by atoms with Gasteiger partial charge in [0.1, 0.15) is 33.7 Å². The van der Waals surface area contributed by atoms with Gasteiger partial charge >= 0.3 is 5.97 Å². The SMILES string of the molecule is CC(O)(CO)COC(C)(C)C(CO)OC(=O)CCc1cc(-n2nc3ccccc3n2)c(O)c(C(C)(C)C)c1. The van der Waals surface area contributed by atoms with Crippen LogP contribution in [0.2, 0.25) is 0 Å². The van der Waals surface area contributed by atoms with Gasteiger partial charge in [-0.2, -0.15) is 0 Å². The van der Waals surface area contributed by atoms with E-state index in [1.807, 2.05) is 51.1 Å². The highest BCUT2D eigenvalue weighted by atomic mass is 16.6. The van der Waals surface area contributed by atoms with E-state index in [1.54, 1.807) is 19.9 Å². The van der Waals surface area contributed by atoms with Crippen molar-refractivity contribution in [2.24, 2.45) is 0 Å². The number of hydrogen-bond donors (Lipinski definition) is 4. The number of fused-ring (bicyclic) bond motifs is 1. The number of aliphatic hydroxyl groups excluding tert-OH is 2. The highest BCUT2D eigenvalue weighted by Gasteiger charge is 2.35. The molecule has 4 N–H and O–H groups in total. The lowest BCUT2D eigenvalue weighted by molar-refractivity contribution is -0.187. The van der Waals surface area contributed by atoms with E-state index in [9.17, 15) is 25.2 Å². The lowest BCUT2D eigenvalue weighted by Crippen LogP contribution is -2.48. The number of hydrogen-bond acceptors (Lipinski definition) is 9. The second-order valence-corrected chi connectivity index (χ2v) is 11.4. The lowest BCUT2D eigenvalue weighted by atomic mass is 9.84. The Morgan fingerprint density at radius 2 is 1.63 bits per heavy atom. The molecule has 0 radical (unpaired) electrons. The van der Waals surface area contributed by atoms with E-state index in [2.05, 4.69) is 10.2 Å². The predicted octanol–water partition coefficient (Wildman–Crippen LogP) is 2.80. The summed E-state index contributed by atoms with van der Waals surface area (Å²) in [6.45, 7) is 9.47. The van der Waals surface area contributed by atoms with Crippen LogP contribution in [0.5, 0.6) is 5.75 Å². The summed E-state index contributed by atoms with van der Waals surface area (Å²) in [5, 5.41) is 49.2. The molecule has 2 unspecified atom stereocenters. The van der Waals surface area contributed by atoms with Gasteiger partial charge in [0, 0.05) is 12.0 Å². The zero-order valence-corrected chi connectivity index (χ0v) is 22.9. The van der Waals surface area contributed by atoms with Crippen molar-refractivity contribution in [3.8, 4) is 11.4 Å². The smallest absolute Gasteiger partial charge is 0.306 e. The topological polar surface area (TPSA) is 147 Å². The molecule has 1 heterocycles.